The molecule has 3 aromatic heterocycles. The number of hydrogen-bond donors (Lipinski definition) is 2. The number of hydrogen-bond acceptors (Lipinski definition) is 5. The molecule has 7 heteroatoms. The van der Waals surface area contributed by atoms with Crippen molar-refractivity contribution in [2.75, 3.05) is 5.32 Å². The molecule has 0 aliphatic rings. The molecule has 0 unspecified atom stereocenters. The molecule has 1 amide bonds. The van der Waals surface area contributed by atoms with Gasteiger partial charge in [0.25, 0.3) is 0 Å². The minimum Gasteiger partial charge on any atom is -0.378 e. The average molecular weight is 318 g/mol. The standard InChI is InChI=1S/C14H14N4OS2/c15-14(19)8-18-7-11(5-17-18)16-6-12-4-10(9-21-12)13-2-1-3-20-13/h1-5,7,9,16H,6,8H2,(H2,15,19). The summed E-state index contributed by atoms with van der Waals surface area (Å²) >= 11 is 3.47. The van der Waals surface area contributed by atoms with Gasteiger partial charge in [0.15, 0.2) is 0 Å². The first-order chi connectivity index (χ1) is 10.2. The summed E-state index contributed by atoms with van der Waals surface area (Å²) in [7, 11) is 0. The van der Waals surface area contributed by atoms with Crippen molar-refractivity contribution in [2.24, 2.45) is 5.73 Å². The molecule has 21 heavy (non-hydrogen) atoms. The lowest BCUT2D eigenvalue weighted by atomic mass is 10.2. The van der Waals surface area contributed by atoms with Crippen LogP contribution in [0.1, 0.15) is 4.88 Å². The average Bonchev–Trinajstić information content (AvgIpc) is 3.17. The van der Waals surface area contributed by atoms with E-state index in [2.05, 4.69) is 39.4 Å². The molecule has 0 radical (unpaired) electrons. The maximum Gasteiger partial charge on any atom is 0.239 e. The van der Waals surface area contributed by atoms with Gasteiger partial charge in [0, 0.05) is 28.1 Å². The number of primary amides is 1. The van der Waals surface area contributed by atoms with Crippen LogP contribution in [0.25, 0.3) is 10.4 Å². The number of nitrogens with two attached hydrogens (primary N) is 1. The number of nitrogens with one attached hydrogen (secondary N) is 1. The van der Waals surface area contributed by atoms with Crippen LogP contribution in [0.15, 0.2) is 41.4 Å². The van der Waals surface area contributed by atoms with Crippen molar-refractivity contribution < 1.29 is 4.79 Å². The number of carbonyl (C=O) groups is 1. The molecule has 3 aromatic rings. The minimum absolute atomic E-state index is 0.100. The van der Waals surface area contributed by atoms with Gasteiger partial charge in [-0.3, -0.25) is 9.48 Å². The van der Waals surface area contributed by atoms with Gasteiger partial charge in [-0.25, -0.2) is 0 Å². The summed E-state index contributed by atoms with van der Waals surface area (Å²) in [6, 6.07) is 6.37. The smallest absolute Gasteiger partial charge is 0.239 e. The van der Waals surface area contributed by atoms with Gasteiger partial charge in [-0.15, -0.1) is 22.7 Å². The molecule has 0 fully saturated rings. The first-order valence-corrected chi connectivity index (χ1v) is 8.12. The van der Waals surface area contributed by atoms with Gasteiger partial charge in [-0.1, -0.05) is 6.07 Å². The van der Waals surface area contributed by atoms with Crippen LogP contribution in [0.4, 0.5) is 5.69 Å². The van der Waals surface area contributed by atoms with E-state index in [1.165, 1.54) is 20.0 Å². The first-order valence-electron chi connectivity index (χ1n) is 6.36. The Morgan fingerprint density at radius 3 is 3.10 bits per heavy atom. The second kappa shape index (κ2) is 6.11. The second-order valence-corrected chi connectivity index (χ2v) is 6.47. The monoisotopic (exact) mass is 318 g/mol. The van der Waals surface area contributed by atoms with Gasteiger partial charge >= 0.3 is 0 Å². The Balaban J connectivity index is 1.60. The summed E-state index contributed by atoms with van der Waals surface area (Å²) in [6.45, 7) is 0.835. The summed E-state index contributed by atoms with van der Waals surface area (Å²) < 4.78 is 1.52. The molecule has 0 spiro atoms. The molecule has 5 nitrogen and oxygen atoms in total. The normalized spacial score (nSPS) is 10.7. The lowest BCUT2D eigenvalue weighted by Crippen LogP contribution is -2.18. The van der Waals surface area contributed by atoms with E-state index in [9.17, 15) is 4.79 Å². The van der Waals surface area contributed by atoms with E-state index in [4.69, 9.17) is 5.73 Å². The van der Waals surface area contributed by atoms with Crippen LogP contribution in [0.2, 0.25) is 0 Å². The fourth-order valence-electron chi connectivity index (χ4n) is 1.94. The highest BCUT2D eigenvalue weighted by Crippen LogP contribution is 2.29. The number of aromatic nitrogens is 2. The number of amides is 1. The molecule has 3 N–H and O–H groups in total. The number of rotatable bonds is 6. The molecule has 0 atom stereocenters. The third-order valence-electron chi connectivity index (χ3n) is 2.88. The van der Waals surface area contributed by atoms with Crippen LogP contribution < -0.4 is 11.1 Å². The summed E-state index contributed by atoms with van der Waals surface area (Å²) in [5.41, 5.74) is 7.27. The molecular formula is C14H14N4OS2. The Morgan fingerprint density at radius 1 is 1.43 bits per heavy atom. The van der Waals surface area contributed by atoms with Crippen LogP contribution in [0.3, 0.4) is 0 Å². The van der Waals surface area contributed by atoms with E-state index < -0.39 is 5.91 Å². The van der Waals surface area contributed by atoms with E-state index in [-0.39, 0.29) is 6.54 Å². The predicted octanol–water partition coefficient (Wildman–Crippen LogP) is 2.77. The van der Waals surface area contributed by atoms with Crippen molar-refractivity contribution in [3.8, 4) is 10.4 Å². The number of nitrogens with zero attached hydrogens (tertiary/aromatic N) is 2. The van der Waals surface area contributed by atoms with E-state index in [0.29, 0.717) is 0 Å². The van der Waals surface area contributed by atoms with Gasteiger partial charge in [0.2, 0.25) is 5.91 Å². The second-order valence-electron chi connectivity index (χ2n) is 4.53. The van der Waals surface area contributed by atoms with Crippen LogP contribution in [-0.2, 0) is 17.9 Å². The van der Waals surface area contributed by atoms with Crippen molar-refractivity contribution in [1.82, 2.24) is 9.78 Å². The zero-order chi connectivity index (χ0) is 14.7. The highest BCUT2D eigenvalue weighted by Gasteiger charge is 2.05. The number of anilines is 1. The lowest BCUT2D eigenvalue weighted by molar-refractivity contribution is -0.118. The molecule has 0 saturated heterocycles. The molecule has 0 saturated carbocycles. The van der Waals surface area contributed by atoms with Gasteiger partial charge < -0.3 is 11.1 Å². The Morgan fingerprint density at radius 2 is 2.33 bits per heavy atom. The van der Waals surface area contributed by atoms with Crippen LogP contribution in [0, 0.1) is 0 Å². The highest BCUT2D eigenvalue weighted by atomic mass is 32.1. The Kier molecular flexibility index (Phi) is 4.03. The van der Waals surface area contributed by atoms with Crippen molar-refractivity contribution in [1.29, 1.82) is 0 Å². The van der Waals surface area contributed by atoms with Gasteiger partial charge in [-0.05, 0) is 22.9 Å². The number of carbonyl (C=O) groups excluding carboxylic acids is 1. The van der Waals surface area contributed by atoms with Gasteiger partial charge in [-0.2, -0.15) is 5.10 Å². The maximum absolute atomic E-state index is 10.8. The van der Waals surface area contributed by atoms with Crippen molar-refractivity contribution in [3.05, 3.63) is 46.2 Å². The molecule has 3 heterocycles. The predicted molar refractivity (Wildman–Crippen MR) is 86.4 cm³/mol. The maximum atomic E-state index is 10.8. The Hall–Kier alpha value is -2.12. The largest absolute Gasteiger partial charge is 0.378 e. The fourth-order valence-corrected chi connectivity index (χ4v) is 3.55. The topological polar surface area (TPSA) is 72.9 Å². The Labute approximate surface area is 130 Å². The lowest BCUT2D eigenvalue weighted by Gasteiger charge is -2.00. The van der Waals surface area contributed by atoms with E-state index in [1.54, 1.807) is 35.1 Å². The number of thiophene rings is 2. The van der Waals surface area contributed by atoms with Crippen molar-refractivity contribution in [3.63, 3.8) is 0 Å². The zero-order valence-electron chi connectivity index (χ0n) is 11.2. The van der Waals surface area contributed by atoms with E-state index >= 15 is 0 Å². The quantitative estimate of drug-likeness (QED) is 0.734. The van der Waals surface area contributed by atoms with Crippen LogP contribution in [-0.4, -0.2) is 15.7 Å². The SMILES string of the molecule is NC(=O)Cn1cc(NCc2cc(-c3cccs3)cs2)cn1. The summed E-state index contributed by atoms with van der Waals surface area (Å²) in [5, 5.41) is 11.6. The minimum atomic E-state index is -0.400. The molecule has 0 aliphatic carbocycles. The van der Waals surface area contributed by atoms with Crippen LogP contribution in [0.5, 0.6) is 0 Å². The molecular weight excluding hydrogens is 304 g/mol. The van der Waals surface area contributed by atoms with Gasteiger partial charge in [0.05, 0.1) is 11.9 Å². The van der Waals surface area contributed by atoms with E-state index in [1.807, 2.05) is 0 Å². The third kappa shape index (κ3) is 3.50. The van der Waals surface area contributed by atoms with Crippen LogP contribution >= 0.6 is 22.7 Å². The third-order valence-corrected chi connectivity index (χ3v) is 4.73. The Bertz CT molecular complexity index is 730. The van der Waals surface area contributed by atoms with Crippen molar-refractivity contribution >= 4 is 34.3 Å². The fraction of sp³-hybridized carbons (Fsp3) is 0.143. The van der Waals surface area contributed by atoms with Gasteiger partial charge in [0.1, 0.15) is 6.54 Å². The molecule has 0 aliphatic heterocycles. The summed E-state index contributed by atoms with van der Waals surface area (Å²) in [4.78, 5) is 13.4. The van der Waals surface area contributed by atoms with Crippen molar-refractivity contribution in [2.45, 2.75) is 13.1 Å². The first kappa shape index (κ1) is 13.8. The zero-order valence-corrected chi connectivity index (χ0v) is 12.8. The molecule has 0 aromatic carbocycles. The highest BCUT2D eigenvalue weighted by molar-refractivity contribution is 7.14. The van der Waals surface area contributed by atoms with E-state index in [0.717, 1.165) is 12.2 Å². The summed E-state index contributed by atoms with van der Waals surface area (Å²) in [5.74, 6) is -0.400. The molecule has 3 rings (SSSR count). The molecule has 0 bridgehead atoms. The summed E-state index contributed by atoms with van der Waals surface area (Å²) in [6.07, 6.45) is 3.47. The molecule has 108 valence electrons.